The second-order valence-electron chi connectivity index (χ2n) is 4.83. The van der Waals surface area contributed by atoms with E-state index in [1.54, 1.807) is 0 Å². The Morgan fingerprint density at radius 1 is 1.35 bits per heavy atom. The molecule has 0 spiro atoms. The third-order valence-corrected chi connectivity index (χ3v) is 3.16. The van der Waals surface area contributed by atoms with E-state index >= 15 is 0 Å². The highest BCUT2D eigenvalue weighted by Crippen LogP contribution is 2.20. The number of phenolic OH excluding ortho intramolecular Hbond substituents is 1. The van der Waals surface area contributed by atoms with Gasteiger partial charge in [-0.1, -0.05) is 18.2 Å². The molecule has 0 unspecified atom stereocenters. The maximum Gasteiger partial charge on any atom is 0.122 e. The van der Waals surface area contributed by atoms with Crippen molar-refractivity contribution in [2.45, 2.75) is 33.4 Å². The van der Waals surface area contributed by atoms with E-state index < -0.39 is 0 Å². The Hall–Kier alpha value is -1.06. The van der Waals surface area contributed by atoms with Crippen LogP contribution >= 0.6 is 0 Å². The lowest BCUT2D eigenvalue weighted by molar-refractivity contribution is 0.273. The van der Waals surface area contributed by atoms with E-state index in [9.17, 15) is 5.11 Å². The first-order chi connectivity index (χ1) is 8.02. The number of nitrogens with one attached hydrogen (secondary N) is 1. The van der Waals surface area contributed by atoms with Gasteiger partial charge in [0.2, 0.25) is 0 Å². The molecule has 1 aromatic carbocycles. The zero-order valence-corrected chi connectivity index (χ0v) is 11.3. The molecule has 3 heteroatoms. The van der Waals surface area contributed by atoms with Crippen molar-refractivity contribution in [2.75, 3.05) is 20.1 Å². The molecule has 0 aromatic heterocycles. The molecule has 96 valence electrons. The van der Waals surface area contributed by atoms with Gasteiger partial charge in [0.25, 0.3) is 0 Å². The van der Waals surface area contributed by atoms with Gasteiger partial charge in [-0.05, 0) is 33.4 Å². The summed E-state index contributed by atoms with van der Waals surface area (Å²) < 4.78 is 0. The van der Waals surface area contributed by atoms with Crippen LogP contribution in [0.3, 0.4) is 0 Å². The van der Waals surface area contributed by atoms with E-state index in [1.807, 2.05) is 25.1 Å². The van der Waals surface area contributed by atoms with Crippen LogP contribution in [0.5, 0.6) is 5.75 Å². The SMILES string of the molecule is Cc1cccc(CNCCN(C)C(C)C)c1O. The van der Waals surface area contributed by atoms with Crippen molar-refractivity contribution >= 4 is 0 Å². The quantitative estimate of drug-likeness (QED) is 0.743. The number of hydrogen-bond donors (Lipinski definition) is 2. The van der Waals surface area contributed by atoms with Gasteiger partial charge >= 0.3 is 0 Å². The molecule has 0 saturated carbocycles. The first kappa shape index (κ1) is 14.0. The summed E-state index contributed by atoms with van der Waals surface area (Å²) in [5.74, 6) is 0.414. The average Bonchev–Trinajstić information content (AvgIpc) is 2.29. The lowest BCUT2D eigenvalue weighted by atomic mass is 10.1. The summed E-state index contributed by atoms with van der Waals surface area (Å²) in [5, 5.41) is 13.2. The molecule has 3 nitrogen and oxygen atoms in total. The van der Waals surface area contributed by atoms with Crippen molar-refractivity contribution < 1.29 is 5.11 Å². The molecule has 2 N–H and O–H groups in total. The Kier molecular flexibility index (Phi) is 5.45. The van der Waals surface area contributed by atoms with E-state index in [2.05, 4.69) is 31.1 Å². The van der Waals surface area contributed by atoms with Crippen LogP contribution in [0.4, 0.5) is 0 Å². The van der Waals surface area contributed by atoms with E-state index in [0.29, 0.717) is 11.8 Å². The van der Waals surface area contributed by atoms with Crippen LogP contribution in [0.2, 0.25) is 0 Å². The Morgan fingerprint density at radius 3 is 2.71 bits per heavy atom. The van der Waals surface area contributed by atoms with E-state index in [1.165, 1.54) is 0 Å². The summed E-state index contributed by atoms with van der Waals surface area (Å²) >= 11 is 0. The molecule has 0 radical (unpaired) electrons. The van der Waals surface area contributed by atoms with E-state index in [-0.39, 0.29) is 0 Å². The molecule has 0 aliphatic rings. The van der Waals surface area contributed by atoms with Crippen LogP contribution in [0.25, 0.3) is 0 Å². The molecule has 0 heterocycles. The Bertz CT molecular complexity index is 350. The predicted molar refractivity (Wildman–Crippen MR) is 72.3 cm³/mol. The molecule has 0 aliphatic carbocycles. The number of phenols is 1. The molecule has 0 aliphatic heterocycles. The minimum Gasteiger partial charge on any atom is -0.507 e. The van der Waals surface area contributed by atoms with Gasteiger partial charge in [0.15, 0.2) is 0 Å². The summed E-state index contributed by atoms with van der Waals surface area (Å²) in [5.41, 5.74) is 1.90. The second kappa shape index (κ2) is 6.62. The maximum atomic E-state index is 9.84. The smallest absolute Gasteiger partial charge is 0.122 e. The van der Waals surface area contributed by atoms with Crippen molar-refractivity contribution in [3.8, 4) is 5.75 Å². The molecule has 0 fully saturated rings. The molecule has 17 heavy (non-hydrogen) atoms. The lowest BCUT2D eigenvalue weighted by Gasteiger charge is -2.21. The first-order valence-electron chi connectivity index (χ1n) is 6.20. The minimum atomic E-state index is 0.414. The van der Waals surface area contributed by atoms with Crippen molar-refractivity contribution in [2.24, 2.45) is 0 Å². The summed E-state index contributed by atoms with van der Waals surface area (Å²) in [7, 11) is 2.12. The monoisotopic (exact) mass is 236 g/mol. The van der Waals surface area contributed by atoms with Gasteiger partial charge in [-0.15, -0.1) is 0 Å². The number of rotatable bonds is 6. The van der Waals surface area contributed by atoms with Gasteiger partial charge in [-0.25, -0.2) is 0 Å². The number of hydrogen-bond acceptors (Lipinski definition) is 3. The molecule has 0 atom stereocenters. The fraction of sp³-hybridized carbons (Fsp3) is 0.571. The summed E-state index contributed by atoms with van der Waals surface area (Å²) in [6, 6.07) is 6.43. The van der Waals surface area contributed by atoms with Crippen LogP contribution in [-0.2, 0) is 6.54 Å². The minimum absolute atomic E-state index is 0.414. The van der Waals surface area contributed by atoms with Gasteiger partial charge < -0.3 is 15.3 Å². The summed E-state index contributed by atoms with van der Waals surface area (Å²) in [6.45, 7) is 8.97. The van der Waals surface area contributed by atoms with Crippen LogP contribution in [0, 0.1) is 6.92 Å². The number of nitrogens with zero attached hydrogens (tertiary/aromatic N) is 1. The van der Waals surface area contributed by atoms with Crippen molar-refractivity contribution in [3.63, 3.8) is 0 Å². The molecule has 0 saturated heterocycles. The Labute approximate surface area is 104 Å². The third kappa shape index (κ3) is 4.36. The first-order valence-corrected chi connectivity index (χ1v) is 6.20. The van der Waals surface area contributed by atoms with Gasteiger partial charge in [0.1, 0.15) is 5.75 Å². The van der Waals surface area contributed by atoms with Crippen molar-refractivity contribution in [1.29, 1.82) is 0 Å². The van der Waals surface area contributed by atoms with Crippen LogP contribution in [-0.4, -0.2) is 36.2 Å². The topological polar surface area (TPSA) is 35.5 Å². The zero-order chi connectivity index (χ0) is 12.8. The molecular weight excluding hydrogens is 212 g/mol. The highest BCUT2D eigenvalue weighted by molar-refractivity contribution is 5.39. The third-order valence-electron chi connectivity index (χ3n) is 3.16. The molecule has 1 aromatic rings. The molecule has 0 bridgehead atoms. The largest absolute Gasteiger partial charge is 0.507 e. The van der Waals surface area contributed by atoms with Crippen LogP contribution in [0.1, 0.15) is 25.0 Å². The van der Waals surface area contributed by atoms with Crippen LogP contribution < -0.4 is 5.32 Å². The van der Waals surface area contributed by atoms with Crippen molar-refractivity contribution in [3.05, 3.63) is 29.3 Å². The zero-order valence-electron chi connectivity index (χ0n) is 11.3. The van der Waals surface area contributed by atoms with Crippen LogP contribution in [0.15, 0.2) is 18.2 Å². The van der Waals surface area contributed by atoms with Gasteiger partial charge in [0.05, 0.1) is 0 Å². The number of aromatic hydroxyl groups is 1. The predicted octanol–water partition coefficient (Wildman–Crippen LogP) is 2.13. The van der Waals surface area contributed by atoms with E-state index in [0.717, 1.165) is 30.8 Å². The average molecular weight is 236 g/mol. The molecule has 0 amide bonds. The number of likely N-dealkylation sites (N-methyl/N-ethyl adjacent to an activating group) is 1. The number of aryl methyl sites for hydroxylation is 1. The highest BCUT2D eigenvalue weighted by atomic mass is 16.3. The van der Waals surface area contributed by atoms with Gasteiger partial charge in [0, 0.05) is 31.2 Å². The number of benzene rings is 1. The normalized spacial score (nSPS) is 11.4. The highest BCUT2D eigenvalue weighted by Gasteiger charge is 2.04. The second-order valence-corrected chi connectivity index (χ2v) is 4.83. The Balaban J connectivity index is 2.34. The van der Waals surface area contributed by atoms with Gasteiger partial charge in [-0.2, -0.15) is 0 Å². The molecular formula is C14H24N2O. The number of para-hydroxylation sites is 1. The van der Waals surface area contributed by atoms with Crippen molar-refractivity contribution in [1.82, 2.24) is 10.2 Å². The Morgan fingerprint density at radius 2 is 2.06 bits per heavy atom. The fourth-order valence-electron chi connectivity index (χ4n) is 1.60. The lowest BCUT2D eigenvalue weighted by Crippen LogP contribution is -2.33. The van der Waals surface area contributed by atoms with Gasteiger partial charge in [-0.3, -0.25) is 0 Å². The molecule has 1 rings (SSSR count). The summed E-state index contributed by atoms with van der Waals surface area (Å²) in [6.07, 6.45) is 0. The van der Waals surface area contributed by atoms with E-state index in [4.69, 9.17) is 0 Å². The fourth-order valence-corrected chi connectivity index (χ4v) is 1.60. The summed E-state index contributed by atoms with van der Waals surface area (Å²) in [4.78, 5) is 2.29. The standard InChI is InChI=1S/C14H24N2O/c1-11(2)16(4)9-8-15-10-13-7-5-6-12(3)14(13)17/h5-7,11,15,17H,8-10H2,1-4H3. The maximum absolute atomic E-state index is 9.84.